The highest BCUT2D eigenvalue weighted by molar-refractivity contribution is 7.92. The van der Waals surface area contributed by atoms with E-state index in [-0.39, 0.29) is 18.7 Å². The van der Waals surface area contributed by atoms with Crippen LogP contribution in [0.3, 0.4) is 0 Å². The molecular formula is C28H30F3N3O4S. The van der Waals surface area contributed by atoms with Crippen molar-refractivity contribution in [2.75, 3.05) is 24.2 Å². The van der Waals surface area contributed by atoms with Crippen LogP contribution in [0, 0.1) is 6.92 Å². The van der Waals surface area contributed by atoms with Gasteiger partial charge in [-0.2, -0.15) is 13.2 Å². The molecule has 3 aromatic carbocycles. The van der Waals surface area contributed by atoms with Gasteiger partial charge in [-0.25, -0.2) is 8.42 Å². The first-order chi connectivity index (χ1) is 18.3. The smallest absolute Gasteiger partial charge is 0.357 e. The number of sulfonamides is 1. The molecule has 0 radical (unpaired) electrons. The molecular weight excluding hydrogens is 531 g/mol. The molecule has 0 fully saturated rings. The second-order valence-corrected chi connectivity index (χ2v) is 11.0. The predicted molar refractivity (Wildman–Crippen MR) is 143 cm³/mol. The first-order valence-electron chi connectivity index (χ1n) is 12.1. The summed E-state index contributed by atoms with van der Waals surface area (Å²) in [6.07, 6.45) is -3.76. The van der Waals surface area contributed by atoms with Crippen LogP contribution < -0.4 is 9.62 Å². The zero-order chi connectivity index (χ0) is 28.8. The minimum atomic E-state index is -4.71. The fourth-order valence-electron chi connectivity index (χ4n) is 4.14. The van der Waals surface area contributed by atoms with E-state index in [1.165, 1.54) is 18.0 Å². The molecule has 2 amide bonds. The van der Waals surface area contributed by atoms with Crippen molar-refractivity contribution in [3.8, 4) is 0 Å². The highest BCUT2D eigenvalue weighted by atomic mass is 32.2. The van der Waals surface area contributed by atoms with Crippen molar-refractivity contribution in [3.63, 3.8) is 0 Å². The van der Waals surface area contributed by atoms with Crippen LogP contribution in [-0.2, 0) is 38.8 Å². The lowest BCUT2D eigenvalue weighted by atomic mass is 10.0. The number of anilines is 1. The number of rotatable bonds is 10. The third-order valence-electron chi connectivity index (χ3n) is 6.26. The van der Waals surface area contributed by atoms with E-state index in [2.05, 4.69) is 5.32 Å². The van der Waals surface area contributed by atoms with Crippen LogP contribution in [0.2, 0.25) is 0 Å². The van der Waals surface area contributed by atoms with Gasteiger partial charge in [-0.15, -0.1) is 0 Å². The molecule has 3 rings (SSSR count). The Labute approximate surface area is 226 Å². The number of benzene rings is 3. The first-order valence-corrected chi connectivity index (χ1v) is 13.9. The summed E-state index contributed by atoms with van der Waals surface area (Å²) >= 11 is 0. The van der Waals surface area contributed by atoms with Gasteiger partial charge < -0.3 is 10.2 Å². The summed E-state index contributed by atoms with van der Waals surface area (Å²) in [5.41, 5.74) is 0.995. The van der Waals surface area contributed by atoms with Crippen molar-refractivity contribution < 1.29 is 31.2 Å². The fourth-order valence-corrected chi connectivity index (χ4v) is 4.98. The van der Waals surface area contributed by atoms with Gasteiger partial charge in [0.2, 0.25) is 21.8 Å². The van der Waals surface area contributed by atoms with E-state index in [1.807, 2.05) is 25.1 Å². The maximum Gasteiger partial charge on any atom is 0.416 e. The number of halogens is 3. The summed E-state index contributed by atoms with van der Waals surface area (Å²) in [5, 5.41) is 2.57. The Morgan fingerprint density at radius 1 is 0.949 bits per heavy atom. The van der Waals surface area contributed by atoms with Crippen LogP contribution in [0.5, 0.6) is 0 Å². The molecule has 7 nitrogen and oxygen atoms in total. The standard InChI is InChI=1S/C28H30F3N3O4S/c1-20-10-7-8-13-22(20)18-33(25(27(36)32-2)16-21-11-5-4-6-12-21)26(35)19-34(39(3,37)38)24-15-9-14-23(17-24)28(29,30)31/h4-15,17,25H,16,18-19H2,1-3H3,(H,32,36)/t25-/m1/s1. The van der Waals surface area contributed by atoms with E-state index < -0.39 is 46.2 Å². The average molecular weight is 562 g/mol. The molecule has 208 valence electrons. The number of nitrogens with one attached hydrogen (secondary N) is 1. The second kappa shape index (κ2) is 12.3. The van der Waals surface area contributed by atoms with Crippen molar-refractivity contribution in [2.45, 2.75) is 32.1 Å². The maximum atomic E-state index is 13.8. The number of carbonyl (C=O) groups is 2. The number of hydrogen-bond donors (Lipinski definition) is 1. The SMILES string of the molecule is CNC(=O)[C@@H](Cc1ccccc1)N(Cc1ccccc1C)C(=O)CN(c1cccc(C(F)(F)F)c1)S(C)(=O)=O. The lowest BCUT2D eigenvalue weighted by molar-refractivity contribution is -0.139. The van der Waals surface area contributed by atoms with E-state index in [9.17, 15) is 31.2 Å². The Kier molecular flexibility index (Phi) is 9.39. The van der Waals surface area contributed by atoms with Crippen LogP contribution in [0.4, 0.5) is 18.9 Å². The van der Waals surface area contributed by atoms with E-state index in [0.29, 0.717) is 10.4 Å². The van der Waals surface area contributed by atoms with Gasteiger partial charge in [0, 0.05) is 20.0 Å². The molecule has 0 saturated carbocycles. The zero-order valence-corrected chi connectivity index (χ0v) is 22.6. The van der Waals surface area contributed by atoms with Gasteiger partial charge in [-0.05, 0) is 41.8 Å². The Bertz CT molecular complexity index is 1410. The Morgan fingerprint density at radius 2 is 1.59 bits per heavy atom. The van der Waals surface area contributed by atoms with Crippen molar-refractivity contribution >= 4 is 27.5 Å². The summed E-state index contributed by atoms with van der Waals surface area (Å²) in [6.45, 7) is 1.03. The van der Waals surface area contributed by atoms with E-state index in [1.54, 1.807) is 36.4 Å². The molecule has 0 aliphatic rings. The van der Waals surface area contributed by atoms with Gasteiger partial charge in [0.1, 0.15) is 12.6 Å². The highest BCUT2D eigenvalue weighted by Gasteiger charge is 2.34. The number of nitrogens with zero attached hydrogens (tertiary/aromatic N) is 2. The molecule has 1 N–H and O–H groups in total. The summed E-state index contributed by atoms with van der Waals surface area (Å²) in [4.78, 5) is 28.2. The number of aryl methyl sites for hydroxylation is 1. The second-order valence-electron chi connectivity index (χ2n) is 9.09. The molecule has 39 heavy (non-hydrogen) atoms. The van der Waals surface area contributed by atoms with Crippen molar-refractivity contribution in [1.82, 2.24) is 10.2 Å². The minimum absolute atomic E-state index is 0.0172. The van der Waals surface area contributed by atoms with Crippen LogP contribution >= 0.6 is 0 Å². The zero-order valence-electron chi connectivity index (χ0n) is 21.8. The van der Waals surface area contributed by atoms with E-state index >= 15 is 0 Å². The molecule has 3 aromatic rings. The monoisotopic (exact) mass is 561 g/mol. The number of alkyl halides is 3. The Balaban J connectivity index is 2.06. The van der Waals surface area contributed by atoms with E-state index in [0.717, 1.165) is 35.1 Å². The Hall–Kier alpha value is -3.86. The summed E-state index contributed by atoms with van der Waals surface area (Å²) in [7, 11) is -2.75. The molecule has 0 bridgehead atoms. The van der Waals surface area contributed by atoms with Crippen LogP contribution in [-0.4, -0.2) is 51.0 Å². The number of likely N-dealkylation sites (N-methyl/N-ethyl adjacent to an activating group) is 1. The lowest BCUT2D eigenvalue weighted by Crippen LogP contribution is -2.53. The van der Waals surface area contributed by atoms with Crippen LogP contribution in [0.25, 0.3) is 0 Å². The van der Waals surface area contributed by atoms with Gasteiger partial charge in [0.25, 0.3) is 0 Å². The maximum absolute atomic E-state index is 13.8. The van der Waals surface area contributed by atoms with Crippen molar-refractivity contribution in [1.29, 1.82) is 0 Å². The van der Waals surface area contributed by atoms with Gasteiger partial charge in [-0.3, -0.25) is 13.9 Å². The normalized spacial score (nSPS) is 12.5. The quantitative estimate of drug-likeness (QED) is 0.403. The molecule has 1 atom stereocenters. The number of hydrogen-bond acceptors (Lipinski definition) is 4. The number of carbonyl (C=O) groups excluding carboxylic acids is 2. The predicted octanol–water partition coefficient (Wildman–Crippen LogP) is 4.17. The molecule has 11 heteroatoms. The molecule has 0 saturated heterocycles. The summed E-state index contributed by atoms with van der Waals surface area (Å²) in [5.74, 6) is -1.21. The Morgan fingerprint density at radius 3 is 2.18 bits per heavy atom. The van der Waals surface area contributed by atoms with E-state index in [4.69, 9.17) is 0 Å². The third-order valence-corrected chi connectivity index (χ3v) is 7.40. The van der Waals surface area contributed by atoms with Crippen LogP contribution in [0.15, 0.2) is 78.9 Å². The summed E-state index contributed by atoms with van der Waals surface area (Å²) < 4.78 is 66.1. The summed E-state index contributed by atoms with van der Waals surface area (Å²) in [6, 6.07) is 19.0. The molecule has 0 heterocycles. The minimum Gasteiger partial charge on any atom is -0.357 e. The number of amides is 2. The van der Waals surface area contributed by atoms with Crippen LogP contribution in [0.1, 0.15) is 22.3 Å². The third kappa shape index (κ3) is 7.82. The van der Waals surface area contributed by atoms with Gasteiger partial charge in [0.05, 0.1) is 17.5 Å². The van der Waals surface area contributed by atoms with Crippen molar-refractivity contribution in [3.05, 3.63) is 101 Å². The first kappa shape index (κ1) is 29.7. The largest absolute Gasteiger partial charge is 0.416 e. The molecule has 0 spiro atoms. The molecule has 0 aromatic heterocycles. The topological polar surface area (TPSA) is 86.8 Å². The van der Waals surface area contributed by atoms with Crippen molar-refractivity contribution in [2.24, 2.45) is 0 Å². The average Bonchev–Trinajstić information content (AvgIpc) is 2.89. The van der Waals surface area contributed by atoms with Gasteiger partial charge in [-0.1, -0.05) is 60.7 Å². The van der Waals surface area contributed by atoms with Gasteiger partial charge >= 0.3 is 6.18 Å². The van der Waals surface area contributed by atoms with Gasteiger partial charge in [0.15, 0.2) is 0 Å². The lowest BCUT2D eigenvalue weighted by Gasteiger charge is -2.33. The molecule has 0 unspecified atom stereocenters. The highest BCUT2D eigenvalue weighted by Crippen LogP contribution is 2.32. The molecule has 0 aliphatic heterocycles. The molecule has 0 aliphatic carbocycles. The fraction of sp³-hybridized carbons (Fsp3) is 0.286.